The zero-order valence-corrected chi connectivity index (χ0v) is 19.0. The minimum Gasteiger partial charge on any atom is -0.466 e. The maximum absolute atomic E-state index is 12.0. The largest absolute Gasteiger partial charge is 0.466 e. The molecule has 0 radical (unpaired) electrons. The average Bonchev–Trinajstić information content (AvgIpc) is 2.71. The highest BCUT2D eigenvalue weighted by Crippen LogP contribution is 2.18. The number of piperidine rings is 1. The molecule has 1 amide bonds. The van der Waals surface area contributed by atoms with Gasteiger partial charge in [0, 0.05) is 38.8 Å². The van der Waals surface area contributed by atoms with Crippen molar-refractivity contribution in [2.45, 2.75) is 26.2 Å². The highest BCUT2D eigenvalue weighted by atomic mass is 127. The standard InChI is InChI=1S/C20H30N4O3.HI/c1-3-27-19(26)17-10-14-24(15-11-17)20(21-2)23-13-7-12-22-18(25)16-8-5-4-6-9-16;/h4-6,8-9,17H,3,7,10-15H2,1-2H3,(H,21,23)(H,22,25);1H. The Morgan fingerprint density at radius 1 is 1.14 bits per heavy atom. The molecule has 2 N–H and O–H groups in total. The number of guanidine groups is 1. The van der Waals surface area contributed by atoms with Gasteiger partial charge in [-0.2, -0.15) is 0 Å². The Bertz CT molecular complexity index is 632. The first-order chi connectivity index (χ1) is 13.2. The zero-order chi connectivity index (χ0) is 19.5. The summed E-state index contributed by atoms with van der Waals surface area (Å²) in [5.74, 6) is 0.689. The van der Waals surface area contributed by atoms with E-state index in [-0.39, 0.29) is 41.8 Å². The molecule has 0 atom stereocenters. The van der Waals surface area contributed by atoms with Crippen molar-refractivity contribution in [2.24, 2.45) is 10.9 Å². The maximum atomic E-state index is 12.0. The number of hydrogen-bond acceptors (Lipinski definition) is 4. The molecular formula is C20H31IN4O3. The lowest BCUT2D eigenvalue weighted by molar-refractivity contribution is -0.149. The molecule has 0 aliphatic carbocycles. The lowest BCUT2D eigenvalue weighted by atomic mass is 9.97. The molecule has 7 nitrogen and oxygen atoms in total. The van der Waals surface area contributed by atoms with Crippen LogP contribution >= 0.6 is 24.0 Å². The number of nitrogens with zero attached hydrogens (tertiary/aromatic N) is 2. The Hall–Kier alpha value is -1.84. The number of aliphatic imine (C=N–C) groups is 1. The summed E-state index contributed by atoms with van der Waals surface area (Å²) in [6.45, 7) is 5.16. The van der Waals surface area contributed by atoms with Crippen molar-refractivity contribution in [2.75, 3.05) is 39.8 Å². The topological polar surface area (TPSA) is 83.0 Å². The van der Waals surface area contributed by atoms with Gasteiger partial charge in [0.2, 0.25) is 0 Å². The third-order valence-electron chi connectivity index (χ3n) is 4.58. The van der Waals surface area contributed by atoms with E-state index in [9.17, 15) is 9.59 Å². The molecule has 1 heterocycles. The van der Waals surface area contributed by atoms with Crippen LogP contribution in [0.5, 0.6) is 0 Å². The van der Waals surface area contributed by atoms with Crippen LogP contribution in [0.1, 0.15) is 36.5 Å². The van der Waals surface area contributed by atoms with Crippen molar-refractivity contribution < 1.29 is 14.3 Å². The van der Waals surface area contributed by atoms with Crippen LogP contribution in [0, 0.1) is 5.92 Å². The smallest absolute Gasteiger partial charge is 0.309 e. The summed E-state index contributed by atoms with van der Waals surface area (Å²) in [5.41, 5.74) is 0.672. The summed E-state index contributed by atoms with van der Waals surface area (Å²) in [6.07, 6.45) is 2.37. The summed E-state index contributed by atoms with van der Waals surface area (Å²) in [5, 5.41) is 6.25. The Morgan fingerprint density at radius 3 is 2.39 bits per heavy atom. The molecule has 1 saturated heterocycles. The minimum atomic E-state index is -0.0887. The van der Waals surface area contributed by atoms with Gasteiger partial charge in [-0.25, -0.2) is 0 Å². The SMILES string of the molecule is CCOC(=O)C1CCN(C(=NC)NCCCNC(=O)c2ccccc2)CC1.I. The number of carbonyl (C=O) groups is 2. The van der Waals surface area contributed by atoms with Gasteiger partial charge in [0.25, 0.3) is 5.91 Å². The van der Waals surface area contributed by atoms with Gasteiger partial charge in [-0.05, 0) is 38.3 Å². The molecule has 0 saturated carbocycles. The Balaban J connectivity index is 0.00000392. The molecule has 28 heavy (non-hydrogen) atoms. The van der Waals surface area contributed by atoms with E-state index < -0.39 is 0 Å². The van der Waals surface area contributed by atoms with Crippen LogP contribution in [0.25, 0.3) is 0 Å². The number of likely N-dealkylation sites (tertiary alicyclic amines) is 1. The van der Waals surface area contributed by atoms with Crippen LogP contribution in [-0.4, -0.2) is 62.6 Å². The number of halogens is 1. The van der Waals surface area contributed by atoms with Crippen molar-refractivity contribution in [3.05, 3.63) is 35.9 Å². The Labute approximate surface area is 184 Å². The Kier molecular flexibility index (Phi) is 11.5. The van der Waals surface area contributed by atoms with Crippen LogP contribution in [0.15, 0.2) is 35.3 Å². The molecule has 1 aromatic carbocycles. The van der Waals surface area contributed by atoms with Crippen molar-refractivity contribution in [1.29, 1.82) is 0 Å². The lowest BCUT2D eigenvalue weighted by Gasteiger charge is -2.33. The first kappa shape index (κ1) is 24.2. The summed E-state index contributed by atoms with van der Waals surface area (Å²) < 4.78 is 5.11. The summed E-state index contributed by atoms with van der Waals surface area (Å²) in [7, 11) is 1.76. The minimum absolute atomic E-state index is 0. The molecular weight excluding hydrogens is 471 g/mol. The van der Waals surface area contributed by atoms with E-state index >= 15 is 0 Å². The van der Waals surface area contributed by atoms with Crippen LogP contribution < -0.4 is 10.6 Å². The first-order valence-corrected chi connectivity index (χ1v) is 9.61. The van der Waals surface area contributed by atoms with E-state index in [0.717, 1.165) is 44.9 Å². The zero-order valence-electron chi connectivity index (χ0n) is 16.6. The highest BCUT2D eigenvalue weighted by molar-refractivity contribution is 14.0. The molecule has 0 aromatic heterocycles. The number of ether oxygens (including phenoxy) is 1. The van der Waals surface area contributed by atoms with Crippen molar-refractivity contribution in [1.82, 2.24) is 15.5 Å². The molecule has 1 aromatic rings. The molecule has 1 aliphatic rings. The van der Waals surface area contributed by atoms with Crippen LogP contribution in [-0.2, 0) is 9.53 Å². The second-order valence-electron chi connectivity index (χ2n) is 6.46. The van der Waals surface area contributed by atoms with E-state index in [2.05, 4.69) is 20.5 Å². The molecule has 8 heteroatoms. The maximum Gasteiger partial charge on any atom is 0.309 e. The van der Waals surface area contributed by atoms with Gasteiger partial charge in [-0.3, -0.25) is 14.6 Å². The number of carbonyl (C=O) groups excluding carboxylic acids is 2. The molecule has 0 unspecified atom stereocenters. The second-order valence-corrected chi connectivity index (χ2v) is 6.46. The van der Waals surface area contributed by atoms with Gasteiger partial charge in [-0.1, -0.05) is 18.2 Å². The van der Waals surface area contributed by atoms with Gasteiger partial charge in [0.1, 0.15) is 0 Å². The molecule has 2 rings (SSSR count). The molecule has 1 aliphatic heterocycles. The number of nitrogens with one attached hydrogen (secondary N) is 2. The van der Waals surface area contributed by atoms with E-state index in [1.807, 2.05) is 25.1 Å². The number of rotatable bonds is 7. The number of amides is 1. The first-order valence-electron chi connectivity index (χ1n) is 9.61. The van der Waals surface area contributed by atoms with Crippen molar-refractivity contribution in [3.63, 3.8) is 0 Å². The fraction of sp³-hybridized carbons (Fsp3) is 0.550. The van der Waals surface area contributed by atoms with Gasteiger partial charge >= 0.3 is 5.97 Å². The second kappa shape index (κ2) is 13.4. The predicted molar refractivity (Wildman–Crippen MR) is 121 cm³/mol. The highest BCUT2D eigenvalue weighted by Gasteiger charge is 2.27. The quantitative estimate of drug-likeness (QED) is 0.197. The van der Waals surface area contributed by atoms with E-state index in [1.165, 1.54) is 0 Å². The number of esters is 1. The molecule has 0 spiro atoms. The lowest BCUT2D eigenvalue weighted by Crippen LogP contribution is -2.47. The third kappa shape index (κ3) is 7.65. The van der Waals surface area contributed by atoms with E-state index in [4.69, 9.17) is 4.74 Å². The van der Waals surface area contributed by atoms with E-state index in [1.54, 1.807) is 19.2 Å². The van der Waals surface area contributed by atoms with Gasteiger partial charge in [-0.15, -0.1) is 24.0 Å². The monoisotopic (exact) mass is 502 g/mol. The average molecular weight is 502 g/mol. The summed E-state index contributed by atoms with van der Waals surface area (Å²) >= 11 is 0. The van der Waals surface area contributed by atoms with Gasteiger partial charge < -0.3 is 20.3 Å². The van der Waals surface area contributed by atoms with Gasteiger partial charge in [0.05, 0.1) is 12.5 Å². The van der Waals surface area contributed by atoms with Crippen molar-refractivity contribution >= 4 is 41.8 Å². The van der Waals surface area contributed by atoms with Crippen molar-refractivity contribution in [3.8, 4) is 0 Å². The fourth-order valence-corrected chi connectivity index (χ4v) is 3.10. The molecule has 0 bridgehead atoms. The Morgan fingerprint density at radius 2 is 1.79 bits per heavy atom. The third-order valence-corrected chi connectivity index (χ3v) is 4.58. The van der Waals surface area contributed by atoms with E-state index in [0.29, 0.717) is 18.7 Å². The number of benzene rings is 1. The summed E-state index contributed by atoms with van der Waals surface area (Å²) in [4.78, 5) is 30.3. The normalized spacial score (nSPS) is 14.8. The van der Waals surface area contributed by atoms with Crippen LogP contribution in [0.4, 0.5) is 0 Å². The number of hydrogen-bond donors (Lipinski definition) is 2. The van der Waals surface area contributed by atoms with Crippen LogP contribution in [0.2, 0.25) is 0 Å². The molecule has 156 valence electrons. The molecule has 1 fully saturated rings. The summed E-state index contributed by atoms with van der Waals surface area (Å²) in [6, 6.07) is 9.20. The van der Waals surface area contributed by atoms with Gasteiger partial charge in [0.15, 0.2) is 5.96 Å². The predicted octanol–water partition coefficient (Wildman–Crippen LogP) is 2.28. The fourth-order valence-electron chi connectivity index (χ4n) is 3.10. The van der Waals surface area contributed by atoms with Crippen LogP contribution in [0.3, 0.4) is 0 Å².